The Morgan fingerprint density at radius 1 is 1.62 bits per heavy atom. The quantitative estimate of drug-likeness (QED) is 0.490. The fourth-order valence-electron chi connectivity index (χ4n) is 0.629. The van der Waals surface area contributed by atoms with Crippen molar-refractivity contribution in [2.75, 3.05) is 0 Å². The molecule has 1 unspecified atom stereocenters. The van der Waals surface area contributed by atoms with Crippen LogP contribution in [0, 0.1) is 5.92 Å². The minimum Gasteiger partial charge on any atom is -0.102 e. The predicted octanol–water partition coefficient (Wildman–Crippen LogP) is 2.77. The molecule has 46 valence electrons. The van der Waals surface area contributed by atoms with Gasteiger partial charge in [-0.05, 0) is 19.3 Å². The van der Waals surface area contributed by atoms with E-state index in [1.807, 2.05) is 13.0 Å². The van der Waals surface area contributed by atoms with Crippen molar-refractivity contribution in [2.24, 2.45) is 5.92 Å². The summed E-state index contributed by atoms with van der Waals surface area (Å²) < 4.78 is 0. The summed E-state index contributed by atoms with van der Waals surface area (Å²) >= 11 is 0. The Labute approximate surface area is 51.9 Å². The van der Waals surface area contributed by atoms with Crippen molar-refractivity contribution >= 4 is 0 Å². The molecule has 0 radical (unpaired) electrons. The molecule has 0 aromatic heterocycles. The maximum atomic E-state index is 3.70. The molecule has 0 spiro atoms. The van der Waals surface area contributed by atoms with E-state index in [0.29, 0.717) is 5.92 Å². The zero-order valence-electron chi connectivity index (χ0n) is 5.72. The molecule has 0 heteroatoms. The van der Waals surface area contributed by atoms with Gasteiger partial charge in [-0.15, -0.1) is 6.58 Å². The van der Waals surface area contributed by atoms with Crippen LogP contribution in [0.15, 0.2) is 24.8 Å². The molecule has 0 nitrogen and oxygen atoms in total. The highest BCUT2D eigenvalue weighted by Gasteiger charge is 1.89. The van der Waals surface area contributed by atoms with E-state index in [1.165, 1.54) is 0 Å². The summed E-state index contributed by atoms with van der Waals surface area (Å²) in [5.74, 6) is 0.583. The molecule has 0 bridgehead atoms. The van der Waals surface area contributed by atoms with Crippen LogP contribution in [-0.4, -0.2) is 0 Å². The SMILES string of the molecule is C=CC(/C=C/C)CC. The lowest BCUT2D eigenvalue weighted by Crippen LogP contribution is -1.84. The maximum Gasteiger partial charge on any atom is -0.00589 e. The zero-order chi connectivity index (χ0) is 6.41. The Morgan fingerprint density at radius 3 is 2.38 bits per heavy atom. The van der Waals surface area contributed by atoms with Crippen molar-refractivity contribution in [2.45, 2.75) is 20.3 Å². The van der Waals surface area contributed by atoms with Crippen LogP contribution in [0.5, 0.6) is 0 Å². The smallest absolute Gasteiger partial charge is 0.00589 e. The van der Waals surface area contributed by atoms with E-state index in [1.54, 1.807) is 0 Å². The lowest BCUT2D eigenvalue weighted by Gasteiger charge is -1.98. The van der Waals surface area contributed by atoms with Crippen LogP contribution in [-0.2, 0) is 0 Å². The van der Waals surface area contributed by atoms with Crippen molar-refractivity contribution in [3.8, 4) is 0 Å². The van der Waals surface area contributed by atoms with Crippen molar-refractivity contribution in [3.63, 3.8) is 0 Å². The number of hydrogen-bond acceptors (Lipinski definition) is 0. The molecule has 0 aliphatic carbocycles. The van der Waals surface area contributed by atoms with Gasteiger partial charge in [0.2, 0.25) is 0 Å². The molecule has 0 aliphatic rings. The van der Waals surface area contributed by atoms with Crippen LogP contribution < -0.4 is 0 Å². The van der Waals surface area contributed by atoms with Gasteiger partial charge >= 0.3 is 0 Å². The summed E-state index contributed by atoms with van der Waals surface area (Å²) in [6.07, 6.45) is 7.36. The third-order valence-corrected chi connectivity index (χ3v) is 1.21. The van der Waals surface area contributed by atoms with Crippen LogP contribution >= 0.6 is 0 Å². The van der Waals surface area contributed by atoms with Crippen LogP contribution in [0.1, 0.15) is 20.3 Å². The second kappa shape index (κ2) is 4.63. The van der Waals surface area contributed by atoms with Gasteiger partial charge in [-0.3, -0.25) is 0 Å². The highest BCUT2D eigenvalue weighted by atomic mass is 13.9. The summed E-state index contributed by atoms with van der Waals surface area (Å²) in [7, 11) is 0. The summed E-state index contributed by atoms with van der Waals surface area (Å²) in [6, 6.07) is 0. The first-order valence-corrected chi connectivity index (χ1v) is 3.10. The molecule has 0 aromatic rings. The van der Waals surface area contributed by atoms with E-state index in [9.17, 15) is 0 Å². The lowest BCUT2D eigenvalue weighted by molar-refractivity contribution is 0.775. The van der Waals surface area contributed by atoms with E-state index in [-0.39, 0.29) is 0 Å². The molecule has 0 saturated carbocycles. The summed E-state index contributed by atoms with van der Waals surface area (Å²) in [4.78, 5) is 0. The third kappa shape index (κ3) is 2.62. The molecule has 0 fully saturated rings. The van der Waals surface area contributed by atoms with E-state index < -0.39 is 0 Å². The summed E-state index contributed by atoms with van der Waals surface area (Å²) in [5.41, 5.74) is 0. The van der Waals surface area contributed by atoms with Crippen molar-refractivity contribution < 1.29 is 0 Å². The monoisotopic (exact) mass is 110 g/mol. The average molecular weight is 110 g/mol. The van der Waals surface area contributed by atoms with Gasteiger partial charge in [-0.1, -0.05) is 25.2 Å². The fraction of sp³-hybridized carbons (Fsp3) is 0.500. The van der Waals surface area contributed by atoms with Crippen LogP contribution in [0.4, 0.5) is 0 Å². The van der Waals surface area contributed by atoms with Gasteiger partial charge in [0.25, 0.3) is 0 Å². The third-order valence-electron chi connectivity index (χ3n) is 1.21. The molecular weight excluding hydrogens is 96.1 g/mol. The van der Waals surface area contributed by atoms with Gasteiger partial charge in [0.15, 0.2) is 0 Å². The van der Waals surface area contributed by atoms with Crippen LogP contribution in [0.25, 0.3) is 0 Å². The maximum absolute atomic E-state index is 3.70. The highest BCUT2D eigenvalue weighted by Crippen LogP contribution is 2.03. The van der Waals surface area contributed by atoms with Gasteiger partial charge in [-0.25, -0.2) is 0 Å². The highest BCUT2D eigenvalue weighted by molar-refractivity contribution is 4.94. The molecule has 0 amide bonds. The predicted molar refractivity (Wildman–Crippen MR) is 38.8 cm³/mol. The average Bonchev–Trinajstić information content (AvgIpc) is 1.83. The van der Waals surface area contributed by atoms with E-state index in [4.69, 9.17) is 0 Å². The first-order chi connectivity index (χ1) is 3.85. The molecule has 0 heterocycles. The minimum atomic E-state index is 0.583. The largest absolute Gasteiger partial charge is 0.102 e. The van der Waals surface area contributed by atoms with Gasteiger partial charge in [0.05, 0.1) is 0 Å². The van der Waals surface area contributed by atoms with Gasteiger partial charge in [-0.2, -0.15) is 0 Å². The summed E-state index contributed by atoms with van der Waals surface area (Å²) in [6.45, 7) is 7.89. The van der Waals surface area contributed by atoms with Crippen molar-refractivity contribution in [1.29, 1.82) is 0 Å². The molecule has 0 aliphatic heterocycles. The molecule has 0 rings (SSSR count). The first kappa shape index (κ1) is 7.48. The summed E-state index contributed by atoms with van der Waals surface area (Å²) in [5, 5.41) is 0. The molecule has 1 atom stereocenters. The Morgan fingerprint density at radius 2 is 2.25 bits per heavy atom. The fourth-order valence-corrected chi connectivity index (χ4v) is 0.629. The van der Waals surface area contributed by atoms with Crippen LogP contribution in [0.2, 0.25) is 0 Å². The van der Waals surface area contributed by atoms with Gasteiger partial charge in [0.1, 0.15) is 0 Å². The normalized spacial score (nSPS) is 14.2. The first-order valence-electron chi connectivity index (χ1n) is 3.10. The van der Waals surface area contributed by atoms with Crippen molar-refractivity contribution in [3.05, 3.63) is 24.8 Å². The van der Waals surface area contributed by atoms with E-state index >= 15 is 0 Å². The molecular formula is C8H14. The molecule has 8 heavy (non-hydrogen) atoms. The minimum absolute atomic E-state index is 0.583. The Bertz CT molecular complexity index is 80.0. The molecule has 0 N–H and O–H groups in total. The van der Waals surface area contributed by atoms with Gasteiger partial charge < -0.3 is 0 Å². The van der Waals surface area contributed by atoms with Crippen LogP contribution in [0.3, 0.4) is 0 Å². The second-order valence-electron chi connectivity index (χ2n) is 1.83. The second-order valence-corrected chi connectivity index (χ2v) is 1.83. The Kier molecular flexibility index (Phi) is 4.33. The van der Waals surface area contributed by atoms with E-state index in [0.717, 1.165) is 6.42 Å². The lowest BCUT2D eigenvalue weighted by atomic mass is 10.1. The topological polar surface area (TPSA) is 0 Å². The molecule has 0 saturated heterocycles. The van der Waals surface area contributed by atoms with E-state index in [2.05, 4.69) is 25.7 Å². The number of hydrogen-bond donors (Lipinski definition) is 0. The van der Waals surface area contributed by atoms with Gasteiger partial charge in [0, 0.05) is 0 Å². The Balaban J connectivity index is 3.52. The standard InChI is InChI=1S/C8H14/c1-4-7-8(5-2)6-3/h4-5,7-8H,2,6H2,1,3H3/b7-4+. The van der Waals surface area contributed by atoms with Crippen molar-refractivity contribution in [1.82, 2.24) is 0 Å². The number of rotatable bonds is 3. The zero-order valence-corrected chi connectivity index (χ0v) is 5.72. The number of allylic oxidation sites excluding steroid dienone is 3. The molecule has 0 aromatic carbocycles. The Hall–Kier alpha value is -0.520.